The quantitative estimate of drug-likeness (QED) is 0.254. The summed E-state index contributed by atoms with van der Waals surface area (Å²) in [4.78, 5) is 16.6. The summed E-state index contributed by atoms with van der Waals surface area (Å²) in [7, 11) is 0. The van der Waals surface area contributed by atoms with Gasteiger partial charge in [0, 0.05) is 37.4 Å². The molecule has 5 heterocycles. The molecule has 234 valence electrons. The second kappa shape index (κ2) is 17.3. The van der Waals surface area contributed by atoms with Gasteiger partial charge in [0.2, 0.25) is 0 Å². The van der Waals surface area contributed by atoms with Crippen LogP contribution < -0.4 is 10.5 Å². The van der Waals surface area contributed by atoms with Crippen LogP contribution in [-0.4, -0.2) is 26.5 Å². The molecule has 44 heavy (non-hydrogen) atoms. The van der Waals surface area contributed by atoms with Crippen molar-refractivity contribution < 1.29 is 4.74 Å². The summed E-state index contributed by atoms with van der Waals surface area (Å²) < 4.78 is 5.55. The zero-order chi connectivity index (χ0) is 32.1. The molecule has 1 aliphatic carbocycles. The molecule has 0 saturated carbocycles. The molecule has 2 aliphatic rings. The number of aryl methyl sites for hydroxylation is 1. The molecule has 6 rings (SSSR count). The molecule has 4 aromatic rings. The standard InChI is InChI=1S/C11H15NO.C11H13N.C8H12N2.C8H11N/c1-8(2)9-6-11-10(12-7-9)4-3-5-13-11;1-8(2)9-6-7-12-11-5-3-4-10(9)11;1-6(2)7-3-4-10-8(9)5-7;1-7(2)8-3-5-9-6-4-8/h6-8H,3-5H2,1-2H3;3-4,6-8H,5H2,1-2H3;3-6H,1-2H3,(H2,9,10);3-7H,1-2H3. The van der Waals surface area contributed by atoms with Crippen LogP contribution in [0.3, 0.4) is 0 Å². The molecular weight excluding hydrogens is 542 g/mol. The molecule has 0 atom stereocenters. The lowest BCUT2D eigenvalue weighted by Crippen LogP contribution is -2.10. The normalized spacial score (nSPS) is 12.7. The third-order valence-corrected chi connectivity index (χ3v) is 7.60. The van der Waals surface area contributed by atoms with E-state index in [0.717, 1.165) is 37.3 Å². The molecule has 0 saturated heterocycles. The minimum Gasteiger partial charge on any atom is -0.492 e. The molecule has 1 aliphatic heterocycles. The molecule has 0 spiro atoms. The number of nitrogens with two attached hydrogens (primary N) is 1. The van der Waals surface area contributed by atoms with Gasteiger partial charge in [0.05, 0.1) is 18.0 Å². The number of aromatic nitrogens is 4. The summed E-state index contributed by atoms with van der Waals surface area (Å²) >= 11 is 0. The van der Waals surface area contributed by atoms with E-state index in [4.69, 9.17) is 10.5 Å². The van der Waals surface area contributed by atoms with Gasteiger partial charge < -0.3 is 10.5 Å². The first-order valence-corrected chi connectivity index (χ1v) is 15.9. The zero-order valence-electron chi connectivity index (χ0n) is 27.9. The van der Waals surface area contributed by atoms with Gasteiger partial charge in [-0.3, -0.25) is 15.0 Å². The summed E-state index contributed by atoms with van der Waals surface area (Å²) in [5.41, 5.74) is 14.5. The van der Waals surface area contributed by atoms with Gasteiger partial charge in [-0.05, 0) is 101 Å². The largest absolute Gasteiger partial charge is 0.492 e. The van der Waals surface area contributed by atoms with Crippen molar-refractivity contribution in [2.45, 2.75) is 98.3 Å². The fraction of sp³-hybridized carbons (Fsp3) is 0.421. The highest BCUT2D eigenvalue weighted by Gasteiger charge is 2.13. The maximum absolute atomic E-state index is 5.55. The van der Waals surface area contributed by atoms with Crippen LogP contribution in [0.1, 0.15) is 125 Å². The smallest absolute Gasteiger partial charge is 0.141 e. The Labute approximate surface area is 265 Å². The maximum Gasteiger partial charge on any atom is 0.141 e. The fourth-order valence-corrected chi connectivity index (χ4v) is 4.79. The van der Waals surface area contributed by atoms with Crippen molar-refractivity contribution in [3.8, 4) is 5.75 Å². The first-order chi connectivity index (χ1) is 21.1. The van der Waals surface area contributed by atoms with Crippen LogP contribution in [0.5, 0.6) is 5.75 Å². The van der Waals surface area contributed by atoms with Gasteiger partial charge in [-0.25, -0.2) is 4.98 Å². The molecule has 0 unspecified atom stereocenters. The molecular formula is C38H51N5O. The Bertz CT molecular complexity index is 1460. The minimum absolute atomic E-state index is 0.531. The van der Waals surface area contributed by atoms with E-state index in [1.807, 2.05) is 49.1 Å². The van der Waals surface area contributed by atoms with Crippen LogP contribution >= 0.6 is 0 Å². The van der Waals surface area contributed by atoms with Gasteiger partial charge in [-0.1, -0.05) is 67.5 Å². The highest BCUT2D eigenvalue weighted by molar-refractivity contribution is 5.61. The van der Waals surface area contributed by atoms with E-state index < -0.39 is 0 Å². The van der Waals surface area contributed by atoms with Crippen LogP contribution in [-0.2, 0) is 12.8 Å². The number of hydrogen-bond donors (Lipinski definition) is 1. The molecule has 6 heteroatoms. The number of pyridine rings is 4. The van der Waals surface area contributed by atoms with Gasteiger partial charge in [0.15, 0.2) is 0 Å². The van der Waals surface area contributed by atoms with E-state index in [1.54, 1.807) is 6.20 Å². The van der Waals surface area contributed by atoms with E-state index in [9.17, 15) is 0 Å². The molecule has 0 aromatic carbocycles. The Morgan fingerprint density at radius 1 is 0.682 bits per heavy atom. The molecule has 0 radical (unpaired) electrons. The van der Waals surface area contributed by atoms with Crippen LogP contribution in [0.2, 0.25) is 0 Å². The van der Waals surface area contributed by atoms with E-state index in [1.165, 1.54) is 33.5 Å². The molecule has 6 nitrogen and oxygen atoms in total. The van der Waals surface area contributed by atoms with Crippen molar-refractivity contribution in [2.75, 3.05) is 12.3 Å². The Morgan fingerprint density at radius 2 is 1.34 bits per heavy atom. The average molecular weight is 594 g/mol. The van der Waals surface area contributed by atoms with Crippen molar-refractivity contribution in [2.24, 2.45) is 0 Å². The number of ether oxygens (including phenoxy) is 1. The van der Waals surface area contributed by atoms with Gasteiger partial charge in [-0.15, -0.1) is 0 Å². The lowest BCUT2D eigenvalue weighted by Gasteiger charge is -2.17. The third kappa shape index (κ3) is 10.6. The van der Waals surface area contributed by atoms with Crippen LogP contribution in [0.4, 0.5) is 5.82 Å². The Kier molecular flexibility index (Phi) is 13.5. The zero-order valence-corrected chi connectivity index (χ0v) is 27.9. The van der Waals surface area contributed by atoms with Gasteiger partial charge in [-0.2, -0.15) is 0 Å². The Morgan fingerprint density at radius 3 is 1.93 bits per heavy atom. The number of anilines is 1. The number of allylic oxidation sites excluding steroid dienone is 1. The number of hydrogen-bond acceptors (Lipinski definition) is 6. The highest BCUT2D eigenvalue weighted by Crippen LogP contribution is 2.27. The Hall–Kier alpha value is -4.06. The highest BCUT2D eigenvalue weighted by atomic mass is 16.5. The predicted molar refractivity (Wildman–Crippen MR) is 184 cm³/mol. The summed E-state index contributed by atoms with van der Waals surface area (Å²) in [5.74, 6) is 3.88. The second-order valence-corrected chi connectivity index (χ2v) is 12.4. The molecule has 0 amide bonds. The molecule has 0 fully saturated rings. The number of nitrogens with zero attached hydrogens (tertiary/aromatic N) is 4. The van der Waals surface area contributed by atoms with Crippen molar-refractivity contribution in [3.63, 3.8) is 0 Å². The first kappa shape index (κ1) is 34.4. The summed E-state index contributed by atoms with van der Waals surface area (Å²) in [6.45, 7) is 18.3. The average Bonchev–Trinajstić information content (AvgIpc) is 3.51. The van der Waals surface area contributed by atoms with E-state index in [2.05, 4.69) is 99.6 Å². The third-order valence-electron chi connectivity index (χ3n) is 7.60. The van der Waals surface area contributed by atoms with Crippen LogP contribution in [0.25, 0.3) is 6.08 Å². The van der Waals surface area contributed by atoms with Crippen molar-refractivity contribution in [1.29, 1.82) is 0 Å². The van der Waals surface area contributed by atoms with Crippen molar-refractivity contribution in [3.05, 3.63) is 113 Å². The van der Waals surface area contributed by atoms with Crippen molar-refractivity contribution >= 4 is 11.9 Å². The van der Waals surface area contributed by atoms with E-state index >= 15 is 0 Å². The number of nitrogen functional groups attached to an aromatic ring is 1. The summed E-state index contributed by atoms with van der Waals surface area (Å²) in [6, 6.07) is 12.2. The summed E-state index contributed by atoms with van der Waals surface area (Å²) in [5, 5.41) is 0. The lowest BCUT2D eigenvalue weighted by atomic mass is 9.98. The number of fused-ring (bicyclic) bond motifs is 2. The van der Waals surface area contributed by atoms with Crippen molar-refractivity contribution in [1.82, 2.24) is 19.9 Å². The summed E-state index contributed by atoms with van der Waals surface area (Å²) in [6.07, 6.45) is 16.8. The number of rotatable bonds is 4. The topological polar surface area (TPSA) is 86.8 Å². The predicted octanol–water partition coefficient (Wildman–Crippen LogP) is 9.30. The molecule has 0 bridgehead atoms. The van der Waals surface area contributed by atoms with E-state index in [-0.39, 0.29) is 0 Å². The fourth-order valence-electron chi connectivity index (χ4n) is 4.79. The van der Waals surface area contributed by atoms with Gasteiger partial charge >= 0.3 is 0 Å². The van der Waals surface area contributed by atoms with Crippen LogP contribution in [0, 0.1) is 0 Å². The molecule has 4 aromatic heterocycles. The van der Waals surface area contributed by atoms with Crippen LogP contribution in [0.15, 0.2) is 73.5 Å². The second-order valence-electron chi connectivity index (χ2n) is 12.4. The van der Waals surface area contributed by atoms with Gasteiger partial charge in [0.25, 0.3) is 0 Å². The SMILES string of the molecule is CC(C)c1ccnc(N)c1.CC(C)c1ccnc2c1C=CC2.CC(C)c1ccncc1.CC(C)c1cnc2c(c1)OCCC2. The van der Waals surface area contributed by atoms with Gasteiger partial charge in [0.1, 0.15) is 11.6 Å². The van der Waals surface area contributed by atoms with E-state index in [0.29, 0.717) is 29.5 Å². The maximum atomic E-state index is 5.55. The monoisotopic (exact) mass is 593 g/mol. The molecule has 2 N–H and O–H groups in total. The lowest BCUT2D eigenvalue weighted by molar-refractivity contribution is 0.284. The first-order valence-electron chi connectivity index (χ1n) is 15.9. The Balaban J connectivity index is 0.000000162. The minimum atomic E-state index is 0.531.